The highest BCUT2D eigenvalue weighted by atomic mass is 32.2. The summed E-state index contributed by atoms with van der Waals surface area (Å²) in [4.78, 5) is 4.11. The quantitative estimate of drug-likeness (QED) is 0.438. The summed E-state index contributed by atoms with van der Waals surface area (Å²) in [6.45, 7) is 1.94. The van der Waals surface area contributed by atoms with Gasteiger partial charge in [-0.3, -0.25) is 0 Å². The van der Waals surface area contributed by atoms with Crippen molar-refractivity contribution in [1.29, 1.82) is 0 Å². The van der Waals surface area contributed by atoms with Gasteiger partial charge < -0.3 is 5.73 Å². The molecule has 0 aliphatic carbocycles. The predicted octanol–water partition coefficient (Wildman–Crippen LogP) is 2.12. The monoisotopic (exact) mass is 309 g/mol. The lowest BCUT2D eigenvalue weighted by atomic mass is 10.0. The molecule has 0 saturated heterocycles. The second kappa shape index (κ2) is 8.59. The number of sulfonamides is 1. The van der Waals surface area contributed by atoms with Gasteiger partial charge in [-0.2, -0.15) is 0 Å². The van der Waals surface area contributed by atoms with E-state index in [1.807, 2.05) is 19.1 Å². The van der Waals surface area contributed by atoms with Gasteiger partial charge in [-0.05, 0) is 62.9 Å². The summed E-state index contributed by atoms with van der Waals surface area (Å²) in [6, 6.07) is 5.27. The molecule has 0 bridgehead atoms. The van der Waals surface area contributed by atoms with Crippen LogP contribution in [0.4, 0.5) is 0 Å². The van der Waals surface area contributed by atoms with Crippen LogP contribution in [-0.2, 0) is 16.4 Å². The van der Waals surface area contributed by atoms with E-state index in [4.69, 9.17) is 5.73 Å². The molecule has 1 aromatic rings. The molecule has 6 heteroatoms. The molecule has 0 heterocycles. The number of rotatable bonds is 8. The van der Waals surface area contributed by atoms with Gasteiger partial charge in [-0.15, -0.1) is 0 Å². The van der Waals surface area contributed by atoms with Gasteiger partial charge in [0.05, 0.1) is 11.2 Å². The molecule has 1 aromatic carbocycles. The van der Waals surface area contributed by atoms with Crippen molar-refractivity contribution < 1.29 is 8.42 Å². The van der Waals surface area contributed by atoms with Crippen LogP contribution in [0.2, 0.25) is 0 Å². The van der Waals surface area contributed by atoms with Crippen LogP contribution in [0.1, 0.15) is 30.4 Å². The number of hydrogen-bond donors (Lipinski definition) is 2. The molecule has 0 aromatic heterocycles. The van der Waals surface area contributed by atoms with E-state index < -0.39 is 10.0 Å². The van der Waals surface area contributed by atoms with E-state index in [-0.39, 0.29) is 0 Å². The normalized spacial score (nSPS) is 12.5. The molecule has 0 unspecified atom stereocenters. The number of hydrogen-bond acceptors (Lipinski definition) is 3. The highest BCUT2D eigenvalue weighted by Crippen LogP contribution is 2.17. The SMILES string of the molecule is CNS(=O)(=O)c1ccc(CCCC/C=C/N=CN)c(C)c1. The third-order valence-corrected chi connectivity index (χ3v) is 4.65. The molecule has 5 nitrogen and oxygen atoms in total. The van der Waals surface area contributed by atoms with Crippen molar-refractivity contribution in [1.82, 2.24) is 4.72 Å². The Morgan fingerprint density at radius 2 is 2.10 bits per heavy atom. The van der Waals surface area contributed by atoms with Crippen LogP contribution in [0.3, 0.4) is 0 Å². The second-order valence-corrected chi connectivity index (χ2v) is 6.61. The number of unbranched alkanes of at least 4 members (excludes halogenated alkanes) is 2. The topological polar surface area (TPSA) is 84.5 Å². The minimum Gasteiger partial charge on any atom is -0.390 e. The van der Waals surface area contributed by atoms with Crippen molar-refractivity contribution in [2.24, 2.45) is 10.7 Å². The van der Waals surface area contributed by atoms with E-state index >= 15 is 0 Å². The minimum absolute atomic E-state index is 0.314. The number of nitrogens with zero attached hydrogens (tertiary/aromatic N) is 1. The van der Waals surface area contributed by atoms with Gasteiger partial charge in [0.15, 0.2) is 0 Å². The van der Waals surface area contributed by atoms with Crippen LogP contribution in [0.25, 0.3) is 0 Å². The van der Waals surface area contributed by atoms with Crippen LogP contribution in [0.5, 0.6) is 0 Å². The Bertz CT molecular complexity index is 607. The van der Waals surface area contributed by atoms with E-state index in [9.17, 15) is 8.42 Å². The summed E-state index contributed by atoms with van der Waals surface area (Å²) < 4.78 is 25.7. The van der Waals surface area contributed by atoms with Crippen LogP contribution in [-0.4, -0.2) is 21.8 Å². The lowest BCUT2D eigenvalue weighted by molar-refractivity contribution is 0.588. The average molecular weight is 309 g/mol. The van der Waals surface area contributed by atoms with Crippen molar-refractivity contribution in [2.45, 2.75) is 37.5 Å². The molecule has 0 aliphatic rings. The Labute approximate surface area is 127 Å². The van der Waals surface area contributed by atoms with Crippen molar-refractivity contribution in [2.75, 3.05) is 7.05 Å². The van der Waals surface area contributed by atoms with Crippen LogP contribution < -0.4 is 10.5 Å². The maximum absolute atomic E-state index is 11.7. The average Bonchev–Trinajstić information content (AvgIpc) is 2.47. The highest BCUT2D eigenvalue weighted by molar-refractivity contribution is 7.89. The van der Waals surface area contributed by atoms with E-state index in [2.05, 4.69) is 9.71 Å². The summed E-state index contributed by atoms with van der Waals surface area (Å²) in [6.07, 6.45) is 8.96. The first kappa shape index (κ1) is 17.4. The van der Waals surface area contributed by atoms with Crippen molar-refractivity contribution in [3.8, 4) is 0 Å². The number of aryl methyl sites for hydroxylation is 2. The molecule has 0 spiro atoms. The number of benzene rings is 1. The highest BCUT2D eigenvalue weighted by Gasteiger charge is 2.12. The molecule has 116 valence electrons. The molecule has 0 aliphatic heterocycles. The summed E-state index contributed by atoms with van der Waals surface area (Å²) in [5, 5.41) is 0. The summed E-state index contributed by atoms with van der Waals surface area (Å²) in [5.74, 6) is 0. The van der Waals surface area contributed by atoms with E-state index in [1.54, 1.807) is 18.3 Å². The second-order valence-electron chi connectivity index (χ2n) is 4.72. The van der Waals surface area contributed by atoms with E-state index in [0.717, 1.165) is 31.2 Å². The van der Waals surface area contributed by atoms with Gasteiger partial charge in [0.2, 0.25) is 10.0 Å². The molecule has 0 radical (unpaired) electrons. The molecular weight excluding hydrogens is 286 g/mol. The number of nitrogens with one attached hydrogen (secondary N) is 1. The third-order valence-electron chi connectivity index (χ3n) is 3.24. The Balaban J connectivity index is 2.54. The molecular formula is C15H23N3O2S. The minimum atomic E-state index is -3.36. The number of nitrogens with two attached hydrogens (primary N) is 1. The number of aliphatic imine (C=N–C) groups is 1. The van der Waals surface area contributed by atoms with Crippen molar-refractivity contribution >= 4 is 16.4 Å². The van der Waals surface area contributed by atoms with Gasteiger partial charge in [-0.25, -0.2) is 18.1 Å². The Morgan fingerprint density at radius 1 is 1.33 bits per heavy atom. The van der Waals surface area contributed by atoms with Gasteiger partial charge in [0.25, 0.3) is 0 Å². The molecule has 0 saturated carbocycles. The lowest BCUT2D eigenvalue weighted by Gasteiger charge is -2.08. The zero-order valence-corrected chi connectivity index (χ0v) is 13.4. The van der Waals surface area contributed by atoms with E-state index in [1.165, 1.54) is 18.9 Å². The Morgan fingerprint density at radius 3 is 2.71 bits per heavy atom. The Hall–Kier alpha value is -1.66. The third kappa shape index (κ3) is 5.69. The zero-order chi connectivity index (χ0) is 15.7. The first-order valence-corrected chi connectivity index (χ1v) is 8.41. The fourth-order valence-corrected chi connectivity index (χ4v) is 2.81. The van der Waals surface area contributed by atoms with Crippen molar-refractivity contribution in [3.05, 3.63) is 41.6 Å². The van der Waals surface area contributed by atoms with Crippen LogP contribution >= 0.6 is 0 Å². The first-order valence-electron chi connectivity index (χ1n) is 6.92. The standard InChI is InChI=1S/C15H23N3O2S/c1-13-11-15(21(19,20)17-2)9-8-14(13)7-5-3-4-6-10-18-12-16/h6,8-12,17H,3-5,7H2,1-2H3,(H2,16,18)/b10-6+. The van der Waals surface area contributed by atoms with E-state index in [0.29, 0.717) is 4.90 Å². The predicted molar refractivity (Wildman–Crippen MR) is 86.8 cm³/mol. The fourth-order valence-electron chi connectivity index (χ4n) is 2.00. The lowest BCUT2D eigenvalue weighted by Crippen LogP contribution is -2.18. The molecule has 0 fully saturated rings. The number of allylic oxidation sites excluding steroid dienone is 1. The largest absolute Gasteiger partial charge is 0.390 e. The summed E-state index contributed by atoms with van der Waals surface area (Å²) >= 11 is 0. The van der Waals surface area contributed by atoms with Gasteiger partial charge in [0, 0.05) is 6.20 Å². The smallest absolute Gasteiger partial charge is 0.240 e. The molecule has 1 rings (SSSR count). The van der Waals surface area contributed by atoms with Gasteiger partial charge >= 0.3 is 0 Å². The molecule has 0 amide bonds. The maximum atomic E-state index is 11.7. The van der Waals surface area contributed by atoms with Crippen LogP contribution in [0, 0.1) is 6.92 Å². The summed E-state index contributed by atoms with van der Waals surface area (Å²) in [7, 11) is -1.94. The molecule has 0 atom stereocenters. The molecule has 21 heavy (non-hydrogen) atoms. The Kier molecular flexibility index (Phi) is 7.11. The summed E-state index contributed by atoms with van der Waals surface area (Å²) in [5.41, 5.74) is 7.32. The fraction of sp³-hybridized carbons (Fsp3) is 0.400. The first-order chi connectivity index (χ1) is 10.0. The van der Waals surface area contributed by atoms with Crippen LogP contribution in [0.15, 0.2) is 40.4 Å². The van der Waals surface area contributed by atoms with Gasteiger partial charge in [-0.1, -0.05) is 12.1 Å². The van der Waals surface area contributed by atoms with Crippen molar-refractivity contribution in [3.63, 3.8) is 0 Å². The van der Waals surface area contributed by atoms with Gasteiger partial charge in [0.1, 0.15) is 0 Å². The zero-order valence-electron chi connectivity index (χ0n) is 12.5. The molecule has 3 N–H and O–H groups in total. The maximum Gasteiger partial charge on any atom is 0.240 e.